The number of rotatable bonds is 5. The second-order valence-corrected chi connectivity index (χ2v) is 8.44. The van der Waals surface area contributed by atoms with E-state index < -0.39 is 1.68 Å². The Balaban J connectivity index is 5.11. The van der Waals surface area contributed by atoms with Crippen molar-refractivity contribution in [1.82, 2.24) is 5.32 Å². The first-order chi connectivity index (χ1) is 6.86. The highest BCUT2D eigenvalue weighted by atomic mass is 127. The molecule has 0 aromatic heterocycles. The summed E-state index contributed by atoms with van der Waals surface area (Å²) in [5, 5.41) is 3.04. The van der Waals surface area contributed by atoms with Crippen molar-refractivity contribution in [3.63, 3.8) is 0 Å². The number of hydrogen-bond donors (Lipinski definition) is 1. The molecule has 0 saturated carbocycles. The van der Waals surface area contributed by atoms with Crippen molar-refractivity contribution in [2.24, 2.45) is 5.92 Å². The van der Waals surface area contributed by atoms with Crippen LogP contribution in [0.4, 0.5) is 4.39 Å². The first-order valence-corrected chi connectivity index (χ1v) is 7.15. The maximum absolute atomic E-state index is 14.0. The van der Waals surface area contributed by atoms with E-state index in [0.29, 0.717) is 0 Å². The average molecular weight is 437 g/mol. The fourth-order valence-electron chi connectivity index (χ4n) is 1.19. The van der Waals surface area contributed by atoms with Crippen molar-refractivity contribution < 1.29 is 4.39 Å². The lowest BCUT2D eigenvalue weighted by Crippen LogP contribution is -2.16. The molecule has 0 aromatic rings. The molecule has 15 heavy (non-hydrogen) atoms. The molecule has 0 aliphatic carbocycles. The summed E-state index contributed by atoms with van der Waals surface area (Å²) in [6, 6.07) is 0. The van der Waals surface area contributed by atoms with Crippen molar-refractivity contribution in [2.75, 3.05) is 7.05 Å². The Labute approximate surface area is 119 Å². The third kappa shape index (κ3) is 5.51. The Morgan fingerprint density at radius 2 is 2.07 bits per heavy atom. The first-order valence-electron chi connectivity index (χ1n) is 4.99. The van der Waals surface area contributed by atoms with E-state index in [1.165, 1.54) is 0 Å². The summed E-state index contributed by atoms with van der Waals surface area (Å²) < 4.78 is 12.7. The quantitative estimate of drug-likeness (QED) is 0.378. The van der Waals surface area contributed by atoms with E-state index >= 15 is 0 Å². The summed E-state index contributed by atoms with van der Waals surface area (Å²) in [5.74, 6) is 0.257. The molecular formula is C11H18FI2N. The molecule has 0 aliphatic rings. The van der Waals surface area contributed by atoms with Crippen LogP contribution < -0.4 is 5.32 Å². The molecule has 0 unspecified atom stereocenters. The summed E-state index contributed by atoms with van der Waals surface area (Å²) >= 11 is 3.68. The van der Waals surface area contributed by atoms with Gasteiger partial charge in [0, 0.05) is 12.7 Å². The predicted molar refractivity (Wildman–Crippen MR) is 82.2 cm³/mol. The molecule has 0 spiro atoms. The van der Waals surface area contributed by atoms with Gasteiger partial charge in [-0.15, -0.1) is 0 Å². The summed E-state index contributed by atoms with van der Waals surface area (Å²) in [4.78, 5) is 0. The van der Waals surface area contributed by atoms with Gasteiger partial charge in [-0.1, -0.05) is 19.9 Å². The second kappa shape index (κ2) is 7.09. The van der Waals surface area contributed by atoms with Crippen LogP contribution in [0.1, 0.15) is 27.2 Å². The van der Waals surface area contributed by atoms with E-state index in [1.807, 2.05) is 71.3 Å². The first kappa shape index (κ1) is 15.7. The van der Waals surface area contributed by atoms with Gasteiger partial charge in [-0.25, -0.2) is 4.39 Å². The average Bonchev–Trinajstić information content (AvgIpc) is 2.16. The zero-order valence-corrected chi connectivity index (χ0v) is 13.9. The van der Waals surface area contributed by atoms with E-state index in [4.69, 9.17) is 0 Å². The van der Waals surface area contributed by atoms with Gasteiger partial charge in [0.15, 0.2) is 0 Å². The fraction of sp³-hybridized carbons (Fsp3) is 0.636. The molecule has 4 heteroatoms. The summed E-state index contributed by atoms with van der Waals surface area (Å²) in [7, 11) is 1.85. The summed E-state index contributed by atoms with van der Waals surface area (Å²) in [6.07, 6.45) is 4.80. The smallest absolute Gasteiger partial charge is 0.232 e. The van der Waals surface area contributed by atoms with Crippen LogP contribution in [0.15, 0.2) is 23.4 Å². The van der Waals surface area contributed by atoms with Crippen molar-refractivity contribution in [2.45, 2.75) is 28.9 Å². The molecule has 1 nitrogen and oxygen atoms in total. The lowest BCUT2D eigenvalue weighted by Gasteiger charge is -2.21. The molecule has 0 rings (SSSR count). The molecule has 0 aromatic carbocycles. The van der Waals surface area contributed by atoms with E-state index in [-0.39, 0.29) is 5.92 Å². The third-order valence-corrected chi connectivity index (χ3v) is 3.63. The molecule has 0 bridgehead atoms. The summed E-state index contributed by atoms with van der Waals surface area (Å²) in [5.41, 5.74) is 1.79. The number of likely N-dealkylation sites (N-methyl/N-ethyl adjacent to an activating group) is 1. The zero-order chi connectivity index (χ0) is 12.1. The number of allylic oxidation sites excluding steroid dienone is 3. The molecule has 0 heterocycles. The minimum atomic E-state index is -1.31. The molecule has 1 N–H and O–H groups in total. The fourth-order valence-corrected chi connectivity index (χ4v) is 2.57. The van der Waals surface area contributed by atoms with Crippen LogP contribution in [-0.4, -0.2) is 8.73 Å². The van der Waals surface area contributed by atoms with Gasteiger partial charge < -0.3 is 5.32 Å². The van der Waals surface area contributed by atoms with Crippen molar-refractivity contribution >= 4 is 45.2 Å². The highest BCUT2D eigenvalue weighted by Gasteiger charge is 2.29. The maximum Gasteiger partial charge on any atom is 0.232 e. The van der Waals surface area contributed by atoms with E-state index in [2.05, 4.69) is 19.2 Å². The topological polar surface area (TPSA) is 12.0 Å². The predicted octanol–water partition coefficient (Wildman–Crippen LogP) is 4.58. The molecule has 88 valence electrons. The molecule has 0 fully saturated rings. The molecule has 0 amide bonds. The van der Waals surface area contributed by atoms with Crippen molar-refractivity contribution in [3.8, 4) is 0 Å². The van der Waals surface area contributed by atoms with Crippen LogP contribution in [0.2, 0.25) is 0 Å². The molecule has 1 atom stereocenters. The van der Waals surface area contributed by atoms with Crippen LogP contribution in [0.5, 0.6) is 0 Å². The second-order valence-electron chi connectivity index (χ2n) is 3.40. The number of nitrogens with one attached hydrogen (secondary N) is 1. The Kier molecular flexibility index (Phi) is 7.40. The van der Waals surface area contributed by atoms with E-state index in [0.717, 1.165) is 17.7 Å². The third-order valence-electron chi connectivity index (χ3n) is 2.38. The molecule has 0 aliphatic heterocycles. The van der Waals surface area contributed by atoms with Gasteiger partial charge in [0.05, 0.1) is 0 Å². The Morgan fingerprint density at radius 1 is 1.53 bits per heavy atom. The summed E-state index contributed by atoms with van der Waals surface area (Å²) in [6.45, 7) is 6.07. The SMILES string of the molecule is C/C=C(\C=C(/[C@H](C)CC)C(F)(I)I)NC. The number of halogens is 3. The Morgan fingerprint density at radius 3 is 2.33 bits per heavy atom. The molecule has 0 saturated heterocycles. The van der Waals surface area contributed by atoms with Gasteiger partial charge in [0.25, 0.3) is 0 Å². The van der Waals surface area contributed by atoms with Gasteiger partial charge in [-0.05, 0) is 76.1 Å². The van der Waals surface area contributed by atoms with Crippen LogP contribution in [0.25, 0.3) is 0 Å². The Bertz CT molecular complexity index is 254. The maximum atomic E-state index is 14.0. The van der Waals surface area contributed by atoms with Crippen LogP contribution in [-0.2, 0) is 0 Å². The standard InChI is InChI=1S/C11H18FI2N/c1-5-8(3)10(11(12,13)14)7-9(6-2)15-4/h6-8,15H,5H2,1-4H3/b9-6+,10-7+/t8-/m1/s1. The van der Waals surface area contributed by atoms with Gasteiger partial charge in [0.1, 0.15) is 0 Å². The van der Waals surface area contributed by atoms with Gasteiger partial charge in [0.2, 0.25) is 1.68 Å². The van der Waals surface area contributed by atoms with Crippen molar-refractivity contribution in [1.29, 1.82) is 0 Å². The van der Waals surface area contributed by atoms with E-state index in [9.17, 15) is 4.39 Å². The largest absolute Gasteiger partial charge is 0.388 e. The molecular weight excluding hydrogens is 419 g/mol. The lowest BCUT2D eigenvalue weighted by molar-refractivity contribution is 0.457. The normalized spacial score (nSPS) is 16.5. The highest BCUT2D eigenvalue weighted by Crippen LogP contribution is 2.42. The van der Waals surface area contributed by atoms with Crippen LogP contribution in [0.3, 0.4) is 0 Å². The van der Waals surface area contributed by atoms with Crippen LogP contribution >= 0.6 is 45.2 Å². The zero-order valence-electron chi connectivity index (χ0n) is 9.57. The molecule has 0 radical (unpaired) electrons. The van der Waals surface area contributed by atoms with Crippen LogP contribution in [0, 0.1) is 5.92 Å². The van der Waals surface area contributed by atoms with E-state index in [1.54, 1.807) is 0 Å². The van der Waals surface area contributed by atoms with Gasteiger partial charge in [-0.3, -0.25) is 0 Å². The monoisotopic (exact) mass is 437 g/mol. The van der Waals surface area contributed by atoms with Gasteiger partial charge >= 0.3 is 0 Å². The minimum Gasteiger partial charge on any atom is -0.388 e. The lowest BCUT2D eigenvalue weighted by atomic mass is 9.98. The van der Waals surface area contributed by atoms with Gasteiger partial charge in [-0.2, -0.15) is 0 Å². The Hall–Kier alpha value is 0.670. The van der Waals surface area contributed by atoms with Crippen molar-refractivity contribution in [3.05, 3.63) is 23.4 Å². The number of hydrogen-bond acceptors (Lipinski definition) is 1. The number of alkyl halides is 3. The minimum absolute atomic E-state index is 0.257. The highest BCUT2D eigenvalue weighted by molar-refractivity contribution is 14.2.